The third kappa shape index (κ3) is 5.37. The van der Waals surface area contributed by atoms with Crippen LogP contribution in [-0.2, 0) is 10.3 Å². The molecule has 1 aromatic heterocycles. The number of carbonyl (C=O) groups excluding carboxylic acids is 1. The number of hydrogen-bond acceptors (Lipinski definition) is 4. The molecule has 22 heavy (non-hydrogen) atoms. The molecule has 1 fully saturated rings. The summed E-state index contributed by atoms with van der Waals surface area (Å²) in [5.41, 5.74) is 5.56. The maximum Gasteiger partial charge on any atom is 0.221 e. The molecule has 0 atom stereocenters. The van der Waals surface area contributed by atoms with E-state index in [9.17, 15) is 4.79 Å². The van der Waals surface area contributed by atoms with Crippen molar-refractivity contribution in [1.29, 1.82) is 0 Å². The van der Waals surface area contributed by atoms with Crippen molar-refractivity contribution in [3.8, 4) is 0 Å². The molecule has 0 spiro atoms. The highest BCUT2D eigenvalue weighted by molar-refractivity contribution is 7.09. The second-order valence-corrected chi connectivity index (χ2v) is 7.35. The zero-order chi connectivity index (χ0) is 14.6. The van der Waals surface area contributed by atoms with Crippen molar-refractivity contribution < 1.29 is 4.79 Å². The van der Waals surface area contributed by atoms with Gasteiger partial charge in [-0.25, -0.2) is 4.98 Å². The van der Waals surface area contributed by atoms with Gasteiger partial charge in [0.05, 0.1) is 5.54 Å². The van der Waals surface area contributed by atoms with Crippen LogP contribution in [0, 0.1) is 5.41 Å². The number of carbonyl (C=O) groups is 1. The number of nitrogens with two attached hydrogens (primary N) is 1. The van der Waals surface area contributed by atoms with Gasteiger partial charge in [0, 0.05) is 18.0 Å². The number of nitrogens with one attached hydrogen (secondary N) is 1. The number of halogens is 2. The quantitative estimate of drug-likeness (QED) is 0.834. The lowest BCUT2D eigenvalue weighted by molar-refractivity contribution is -0.125. The van der Waals surface area contributed by atoms with E-state index in [2.05, 4.69) is 10.3 Å². The monoisotopic (exact) mass is 367 g/mol. The van der Waals surface area contributed by atoms with Crippen molar-refractivity contribution >= 4 is 42.1 Å². The Bertz CT molecular complexity index is 446. The van der Waals surface area contributed by atoms with Gasteiger partial charge >= 0.3 is 0 Å². The zero-order valence-corrected chi connectivity index (χ0v) is 15.7. The van der Waals surface area contributed by atoms with Gasteiger partial charge in [0.2, 0.25) is 5.91 Å². The van der Waals surface area contributed by atoms with Crippen molar-refractivity contribution in [2.24, 2.45) is 11.1 Å². The van der Waals surface area contributed by atoms with Crippen LogP contribution in [0.5, 0.6) is 0 Å². The van der Waals surface area contributed by atoms with E-state index in [1.54, 1.807) is 17.5 Å². The standard InChI is InChI=1S/C15H25N3OS.2ClH/c1-14(2,13-17-8-9-20-13)18-12(19)10-15(11-16)6-4-3-5-7-15;;/h8-9H,3-7,10-11,16H2,1-2H3,(H,18,19);2*1H. The molecule has 1 aliphatic rings. The molecule has 1 saturated carbocycles. The van der Waals surface area contributed by atoms with Gasteiger partial charge in [0.25, 0.3) is 0 Å². The topological polar surface area (TPSA) is 68.0 Å². The molecule has 0 saturated heterocycles. The zero-order valence-electron chi connectivity index (χ0n) is 13.3. The first-order chi connectivity index (χ1) is 9.47. The minimum Gasteiger partial charge on any atom is -0.345 e. The lowest BCUT2D eigenvalue weighted by atomic mass is 9.71. The molecule has 7 heteroatoms. The number of amides is 1. The average Bonchev–Trinajstić information content (AvgIpc) is 2.93. The summed E-state index contributed by atoms with van der Waals surface area (Å²) < 4.78 is 0. The molecule has 2 rings (SSSR count). The normalized spacial score (nSPS) is 17.0. The molecule has 0 radical (unpaired) electrons. The Morgan fingerprint density at radius 1 is 1.36 bits per heavy atom. The fraction of sp³-hybridized carbons (Fsp3) is 0.733. The smallest absolute Gasteiger partial charge is 0.221 e. The predicted molar refractivity (Wildman–Crippen MR) is 97.0 cm³/mol. The first kappa shape index (κ1) is 21.6. The molecule has 3 N–H and O–H groups in total. The highest BCUT2D eigenvalue weighted by Crippen LogP contribution is 2.38. The molecular formula is C15H27Cl2N3OS. The molecule has 0 bridgehead atoms. The molecule has 1 aliphatic carbocycles. The van der Waals surface area contributed by atoms with Crippen LogP contribution in [0.2, 0.25) is 0 Å². The van der Waals surface area contributed by atoms with Gasteiger partial charge < -0.3 is 11.1 Å². The summed E-state index contributed by atoms with van der Waals surface area (Å²) in [6.45, 7) is 4.61. The van der Waals surface area contributed by atoms with E-state index in [-0.39, 0.29) is 36.1 Å². The van der Waals surface area contributed by atoms with E-state index in [0.29, 0.717) is 13.0 Å². The van der Waals surface area contributed by atoms with Gasteiger partial charge in [-0.2, -0.15) is 0 Å². The highest BCUT2D eigenvalue weighted by Gasteiger charge is 2.35. The molecular weight excluding hydrogens is 341 g/mol. The molecule has 1 aromatic rings. The average molecular weight is 368 g/mol. The van der Waals surface area contributed by atoms with Crippen LogP contribution >= 0.6 is 36.2 Å². The van der Waals surface area contributed by atoms with Crippen LogP contribution in [0.25, 0.3) is 0 Å². The number of nitrogens with zero attached hydrogens (tertiary/aromatic N) is 1. The van der Waals surface area contributed by atoms with Crippen molar-refractivity contribution in [3.05, 3.63) is 16.6 Å². The summed E-state index contributed by atoms with van der Waals surface area (Å²) in [5, 5.41) is 6.00. The maximum atomic E-state index is 12.4. The summed E-state index contributed by atoms with van der Waals surface area (Å²) in [6, 6.07) is 0. The minimum absolute atomic E-state index is 0. The van der Waals surface area contributed by atoms with Crippen LogP contribution in [0.15, 0.2) is 11.6 Å². The molecule has 1 amide bonds. The van der Waals surface area contributed by atoms with Gasteiger partial charge in [-0.1, -0.05) is 19.3 Å². The fourth-order valence-electron chi connectivity index (χ4n) is 3.07. The van der Waals surface area contributed by atoms with Gasteiger partial charge in [0.15, 0.2) is 0 Å². The molecule has 1 heterocycles. The Kier molecular flexibility index (Phi) is 8.91. The Morgan fingerprint density at radius 2 is 2.00 bits per heavy atom. The van der Waals surface area contributed by atoms with E-state index in [1.807, 2.05) is 19.2 Å². The van der Waals surface area contributed by atoms with E-state index < -0.39 is 5.54 Å². The summed E-state index contributed by atoms with van der Waals surface area (Å²) in [4.78, 5) is 16.7. The van der Waals surface area contributed by atoms with Crippen LogP contribution in [0.4, 0.5) is 0 Å². The van der Waals surface area contributed by atoms with Crippen LogP contribution in [0.3, 0.4) is 0 Å². The van der Waals surface area contributed by atoms with E-state index in [1.165, 1.54) is 19.3 Å². The van der Waals surface area contributed by atoms with E-state index in [4.69, 9.17) is 5.73 Å². The summed E-state index contributed by atoms with van der Waals surface area (Å²) in [7, 11) is 0. The first-order valence-corrected chi connectivity index (χ1v) is 8.26. The summed E-state index contributed by atoms with van der Waals surface area (Å²) in [6.07, 6.45) is 8.13. The fourth-order valence-corrected chi connectivity index (χ4v) is 3.79. The molecule has 0 unspecified atom stereocenters. The van der Waals surface area contributed by atoms with Crippen LogP contribution in [-0.4, -0.2) is 17.4 Å². The van der Waals surface area contributed by atoms with Gasteiger partial charge in [-0.3, -0.25) is 4.79 Å². The number of rotatable bonds is 5. The third-order valence-corrected chi connectivity index (χ3v) is 5.40. The predicted octanol–water partition coefficient (Wildman–Crippen LogP) is 3.64. The van der Waals surface area contributed by atoms with E-state index in [0.717, 1.165) is 17.8 Å². The maximum absolute atomic E-state index is 12.4. The van der Waals surface area contributed by atoms with Crippen molar-refractivity contribution in [1.82, 2.24) is 10.3 Å². The minimum atomic E-state index is -0.407. The lowest BCUT2D eigenvalue weighted by Crippen LogP contribution is -2.45. The third-order valence-electron chi connectivity index (χ3n) is 4.30. The number of aromatic nitrogens is 1. The SMILES string of the molecule is CC(C)(NC(=O)CC1(CN)CCCCC1)c1nccs1.Cl.Cl. The molecule has 0 aliphatic heterocycles. The van der Waals surface area contributed by atoms with Gasteiger partial charge in [-0.05, 0) is 38.6 Å². The number of thiazole rings is 1. The second-order valence-electron chi connectivity index (χ2n) is 6.45. The number of hydrogen-bond donors (Lipinski definition) is 2. The van der Waals surface area contributed by atoms with Gasteiger partial charge in [0.1, 0.15) is 5.01 Å². The van der Waals surface area contributed by atoms with Crippen molar-refractivity contribution in [3.63, 3.8) is 0 Å². The molecule has 4 nitrogen and oxygen atoms in total. The largest absolute Gasteiger partial charge is 0.345 e. The summed E-state index contributed by atoms with van der Waals surface area (Å²) >= 11 is 1.57. The van der Waals surface area contributed by atoms with Crippen LogP contribution in [0.1, 0.15) is 57.4 Å². The van der Waals surface area contributed by atoms with Gasteiger partial charge in [-0.15, -0.1) is 36.2 Å². The Hall–Kier alpha value is -0.360. The second kappa shape index (κ2) is 9.06. The lowest BCUT2D eigenvalue weighted by Gasteiger charge is -2.36. The Morgan fingerprint density at radius 3 is 2.50 bits per heavy atom. The van der Waals surface area contributed by atoms with Crippen molar-refractivity contribution in [2.45, 2.75) is 57.9 Å². The Balaban J connectivity index is 0.00000220. The van der Waals surface area contributed by atoms with Crippen molar-refractivity contribution in [2.75, 3.05) is 6.54 Å². The molecule has 128 valence electrons. The van der Waals surface area contributed by atoms with E-state index >= 15 is 0 Å². The Labute approximate surface area is 149 Å². The summed E-state index contributed by atoms with van der Waals surface area (Å²) in [5.74, 6) is 0.0950. The molecule has 0 aromatic carbocycles. The highest BCUT2D eigenvalue weighted by atomic mass is 35.5. The van der Waals surface area contributed by atoms with Crippen LogP contribution < -0.4 is 11.1 Å². The first-order valence-electron chi connectivity index (χ1n) is 7.39.